The maximum Gasteiger partial charge on any atom is 0.237 e. The molecule has 4 aromatic rings. The van der Waals surface area contributed by atoms with Gasteiger partial charge in [-0.2, -0.15) is 9.67 Å². The van der Waals surface area contributed by atoms with Crippen molar-refractivity contribution in [3.63, 3.8) is 0 Å². The van der Waals surface area contributed by atoms with Crippen LogP contribution in [0.3, 0.4) is 0 Å². The van der Waals surface area contributed by atoms with Crippen molar-refractivity contribution in [1.29, 1.82) is 0 Å². The minimum atomic E-state index is 0.470. The average molecular weight is 423 g/mol. The third-order valence-electron chi connectivity index (χ3n) is 4.58. The third kappa shape index (κ3) is 4.68. The zero-order valence-electron chi connectivity index (χ0n) is 16.9. The molecule has 0 spiro atoms. The van der Waals surface area contributed by atoms with Crippen molar-refractivity contribution in [3.8, 4) is 22.8 Å². The van der Waals surface area contributed by atoms with Gasteiger partial charge in [0.1, 0.15) is 5.75 Å². The van der Waals surface area contributed by atoms with Crippen molar-refractivity contribution in [2.24, 2.45) is 0 Å². The first-order valence-electron chi connectivity index (χ1n) is 9.74. The Labute approximate surface area is 178 Å². The maximum absolute atomic E-state index is 5.38. The molecule has 0 atom stereocenters. The van der Waals surface area contributed by atoms with E-state index in [1.807, 2.05) is 36.4 Å². The topological polar surface area (TPSA) is 91.8 Å². The first-order chi connectivity index (χ1) is 14.8. The van der Waals surface area contributed by atoms with Crippen LogP contribution in [0.5, 0.6) is 5.75 Å². The molecule has 0 saturated heterocycles. The van der Waals surface area contributed by atoms with Crippen LogP contribution in [0, 0.1) is 0 Å². The largest absolute Gasteiger partial charge is 0.497 e. The summed E-state index contributed by atoms with van der Waals surface area (Å²) in [5.41, 5.74) is 3.11. The first-order valence-corrected chi connectivity index (χ1v) is 10.7. The molecule has 0 bridgehead atoms. The lowest BCUT2D eigenvalue weighted by molar-refractivity contribution is 0.391. The lowest BCUT2D eigenvalue weighted by Crippen LogP contribution is -1.99. The zero-order valence-corrected chi connectivity index (χ0v) is 17.7. The number of tetrazole rings is 1. The summed E-state index contributed by atoms with van der Waals surface area (Å²) in [5, 5.41) is 16.8. The van der Waals surface area contributed by atoms with Crippen LogP contribution in [0.1, 0.15) is 31.2 Å². The van der Waals surface area contributed by atoms with E-state index in [1.54, 1.807) is 11.8 Å². The summed E-state index contributed by atoms with van der Waals surface area (Å²) < 4.78 is 12.3. The summed E-state index contributed by atoms with van der Waals surface area (Å²) in [7, 11) is 1.63. The van der Waals surface area contributed by atoms with Gasteiger partial charge in [0, 0.05) is 5.56 Å². The second-order valence-corrected chi connectivity index (χ2v) is 7.61. The van der Waals surface area contributed by atoms with E-state index >= 15 is 0 Å². The summed E-state index contributed by atoms with van der Waals surface area (Å²) in [6, 6.07) is 15.8. The molecule has 2 heterocycles. The van der Waals surface area contributed by atoms with Crippen LogP contribution >= 0.6 is 11.8 Å². The molecule has 0 N–H and O–H groups in total. The van der Waals surface area contributed by atoms with Crippen molar-refractivity contribution in [3.05, 3.63) is 60.0 Å². The summed E-state index contributed by atoms with van der Waals surface area (Å²) in [4.78, 5) is 4.46. The van der Waals surface area contributed by atoms with E-state index < -0.39 is 0 Å². The molecule has 0 unspecified atom stereocenters. The second-order valence-electron chi connectivity index (χ2n) is 6.67. The van der Waals surface area contributed by atoms with E-state index in [0.29, 0.717) is 22.6 Å². The van der Waals surface area contributed by atoms with Gasteiger partial charge >= 0.3 is 0 Å². The quantitative estimate of drug-likeness (QED) is 0.368. The Morgan fingerprint density at radius 1 is 1.07 bits per heavy atom. The van der Waals surface area contributed by atoms with Gasteiger partial charge in [0.05, 0.1) is 18.6 Å². The fourth-order valence-electron chi connectivity index (χ4n) is 2.91. The lowest BCUT2D eigenvalue weighted by atomic mass is 10.1. The molecule has 0 aliphatic rings. The number of aromatic nitrogens is 6. The summed E-state index contributed by atoms with van der Waals surface area (Å²) >= 11 is 1.44. The second kappa shape index (κ2) is 9.53. The van der Waals surface area contributed by atoms with Crippen molar-refractivity contribution in [2.75, 3.05) is 7.11 Å². The highest BCUT2D eigenvalue weighted by Gasteiger charge is 2.13. The van der Waals surface area contributed by atoms with E-state index in [2.05, 4.69) is 44.7 Å². The number of hydrogen-bond donors (Lipinski definition) is 0. The van der Waals surface area contributed by atoms with Crippen LogP contribution in [0.4, 0.5) is 0 Å². The Hall–Kier alpha value is -3.20. The Morgan fingerprint density at radius 2 is 1.87 bits per heavy atom. The molecular formula is C21H22N6O2S. The van der Waals surface area contributed by atoms with Crippen LogP contribution in [0.15, 0.2) is 58.2 Å². The van der Waals surface area contributed by atoms with Crippen LogP contribution in [0.2, 0.25) is 0 Å². The minimum Gasteiger partial charge on any atom is -0.497 e. The van der Waals surface area contributed by atoms with E-state index in [-0.39, 0.29) is 0 Å². The molecule has 0 radical (unpaired) electrons. The Bertz CT molecular complexity index is 1080. The molecule has 2 aromatic carbocycles. The van der Waals surface area contributed by atoms with Crippen molar-refractivity contribution >= 4 is 11.8 Å². The smallest absolute Gasteiger partial charge is 0.237 e. The Balaban J connectivity index is 1.42. The molecule has 30 heavy (non-hydrogen) atoms. The molecule has 0 fully saturated rings. The number of nitrogens with zero attached hydrogens (tertiary/aromatic N) is 6. The molecule has 0 aliphatic carbocycles. The minimum absolute atomic E-state index is 0.470. The van der Waals surface area contributed by atoms with Crippen LogP contribution < -0.4 is 4.74 Å². The number of ether oxygens (including phenoxy) is 1. The van der Waals surface area contributed by atoms with Crippen molar-refractivity contribution in [1.82, 2.24) is 30.3 Å². The van der Waals surface area contributed by atoms with Crippen LogP contribution in [-0.4, -0.2) is 37.5 Å². The number of thioether (sulfide) groups is 1. The highest BCUT2D eigenvalue weighted by atomic mass is 32.2. The number of rotatable bonds is 9. The van der Waals surface area contributed by atoms with Gasteiger partial charge in [0.25, 0.3) is 0 Å². The molecule has 0 aliphatic heterocycles. The van der Waals surface area contributed by atoms with Gasteiger partial charge in [-0.15, -0.1) is 5.10 Å². The van der Waals surface area contributed by atoms with Gasteiger partial charge in [-0.1, -0.05) is 42.4 Å². The summed E-state index contributed by atoms with van der Waals surface area (Å²) in [6.45, 7) is 2.20. The van der Waals surface area contributed by atoms with Crippen molar-refractivity contribution in [2.45, 2.75) is 37.1 Å². The third-order valence-corrected chi connectivity index (χ3v) is 5.49. The monoisotopic (exact) mass is 422 g/mol. The molecule has 4 rings (SSSR count). The zero-order chi connectivity index (χ0) is 20.8. The van der Waals surface area contributed by atoms with E-state index in [0.717, 1.165) is 23.4 Å². The average Bonchev–Trinajstić information content (AvgIpc) is 3.46. The highest BCUT2D eigenvalue weighted by molar-refractivity contribution is 7.98. The Kier molecular flexibility index (Phi) is 6.38. The maximum atomic E-state index is 5.38. The van der Waals surface area contributed by atoms with Gasteiger partial charge in [-0.3, -0.25) is 0 Å². The molecule has 9 heteroatoms. The molecule has 0 saturated carbocycles. The van der Waals surface area contributed by atoms with E-state index in [1.165, 1.54) is 30.2 Å². The fourth-order valence-corrected chi connectivity index (χ4v) is 3.64. The predicted molar refractivity (Wildman–Crippen MR) is 114 cm³/mol. The first kappa shape index (κ1) is 20.1. The lowest BCUT2D eigenvalue weighted by Gasteiger charge is -2.05. The fraction of sp³-hybridized carbons (Fsp3) is 0.286. The van der Waals surface area contributed by atoms with Crippen LogP contribution in [0.25, 0.3) is 17.1 Å². The van der Waals surface area contributed by atoms with Gasteiger partial charge in [0.2, 0.25) is 16.9 Å². The van der Waals surface area contributed by atoms with Gasteiger partial charge < -0.3 is 9.26 Å². The molecule has 8 nitrogen and oxygen atoms in total. The van der Waals surface area contributed by atoms with Gasteiger partial charge in [-0.05, 0) is 65.2 Å². The SMILES string of the molecule is CCCCc1ccc(-n2nnnc2SCc2nc(-c3ccc(OC)cc3)no2)cc1. The Morgan fingerprint density at radius 3 is 2.60 bits per heavy atom. The van der Waals surface area contributed by atoms with Crippen LogP contribution in [-0.2, 0) is 12.2 Å². The van der Waals surface area contributed by atoms with E-state index in [4.69, 9.17) is 9.26 Å². The standard InChI is InChI=1S/C21H22N6O2S/c1-3-4-5-15-6-10-17(11-7-15)27-21(23-25-26-27)30-14-19-22-20(24-29-19)16-8-12-18(28-2)13-9-16/h6-13H,3-5,14H2,1-2H3. The van der Waals surface area contributed by atoms with Crippen molar-refractivity contribution < 1.29 is 9.26 Å². The number of aryl methyl sites for hydroxylation is 1. The summed E-state index contributed by atoms with van der Waals surface area (Å²) in [5.74, 6) is 2.30. The normalized spacial score (nSPS) is 11.0. The molecular weight excluding hydrogens is 400 g/mol. The number of hydrogen-bond acceptors (Lipinski definition) is 8. The highest BCUT2D eigenvalue weighted by Crippen LogP contribution is 2.24. The number of benzene rings is 2. The predicted octanol–water partition coefficient (Wildman–Crippen LogP) is 4.36. The molecule has 0 amide bonds. The molecule has 2 aromatic heterocycles. The van der Waals surface area contributed by atoms with Gasteiger partial charge in [-0.25, -0.2) is 0 Å². The number of methoxy groups -OCH3 is 1. The van der Waals surface area contributed by atoms with E-state index in [9.17, 15) is 0 Å². The molecule has 154 valence electrons. The van der Waals surface area contributed by atoms with Gasteiger partial charge in [0.15, 0.2) is 0 Å². The summed E-state index contributed by atoms with van der Waals surface area (Å²) in [6.07, 6.45) is 3.46. The number of unbranched alkanes of at least 4 members (excludes halogenated alkanes) is 1.